The van der Waals surface area contributed by atoms with Crippen molar-refractivity contribution in [3.63, 3.8) is 0 Å². The zero-order valence-corrected chi connectivity index (χ0v) is 32.9. The van der Waals surface area contributed by atoms with Gasteiger partial charge >= 0.3 is 6.18 Å². The molecular weight excluding hydrogens is 760 g/mol. The van der Waals surface area contributed by atoms with Gasteiger partial charge in [0.15, 0.2) is 5.50 Å². The van der Waals surface area contributed by atoms with E-state index in [4.69, 9.17) is 17.4 Å². The van der Waals surface area contributed by atoms with Gasteiger partial charge in [-0.25, -0.2) is 0 Å². The van der Waals surface area contributed by atoms with E-state index in [0.717, 1.165) is 50.0 Å². The van der Waals surface area contributed by atoms with Gasteiger partial charge in [-0.3, -0.25) is 34.3 Å². The number of thiol groups is 1. The largest absolute Gasteiger partial charge is 0.493 e. The summed E-state index contributed by atoms with van der Waals surface area (Å²) in [6, 6.07) is 17.0. The lowest BCUT2D eigenvalue weighted by molar-refractivity contribution is -0.138. The van der Waals surface area contributed by atoms with Crippen molar-refractivity contribution in [3.8, 4) is 11.8 Å². The first kappa shape index (κ1) is 41.4. The van der Waals surface area contributed by atoms with Crippen LogP contribution >= 0.6 is 12.6 Å². The van der Waals surface area contributed by atoms with E-state index in [1.54, 1.807) is 49.1 Å². The second-order valence-electron chi connectivity index (χ2n) is 15.1. The van der Waals surface area contributed by atoms with Crippen molar-refractivity contribution < 1.29 is 37.1 Å². The fourth-order valence-electron chi connectivity index (χ4n) is 7.65. The minimum Gasteiger partial charge on any atom is -0.493 e. The van der Waals surface area contributed by atoms with Crippen LogP contribution in [0.5, 0.6) is 5.75 Å². The number of hydrogen-bond acceptors (Lipinski definition) is 10. The number of aryl methyl sites for hydroxylation is 1. The van der Waals surface area contributed by atoms with E-state index >= 15 is 0 Å². The molecule has 3 heterocycles. The summed E-state index contributed by atoms with van der Waals surface area (Å²) in [4.78, 5) is 55.3. The van der Waals surface area contributed by atoms with Crippen LogP contribution in [0.2, 0.25) is 0 Å². The van der Waals surface area contributed by atoms with Gasteiger partial charge < -0.3 is 20.3 Å². The maximum atomic E-state index is 13.8. The highest BCUT2D eigenvalue weighted by Gasteiger charge is 2.52. The molecule has 0 aromatic heterocycles. The standard InChI is InChI=1S/C41H46F3N7O5S/c1-4-26-20-31(51-39(57)50(38(55)40(51,2)3)30-9-8-27(23-45)32(22-30)41(42,43)44)10-12-34(26)56-19-16-25-14-17-49(18-15-25)24-36(53)47-29-7-5-6-28(21-29)46-33-11-13-35(52)48-37(33)54/h5-10,12,20-22,25,33,39,46,57H,4,11,13-19,24H2,1-3H3,(H,47,53)(H,48,52,54). The third-order valence-electron chi connectivity index (χ3n) is 10.8. The van der Waals surface area contributed by atoms with Crippen LogP contribution in [0.3, 0.4) is 0 Å². The van der Waals surface area contributed by atoms with Crippen molar-refractivity contribution in [2.75, 3.05) is 46.7 Å². The van der Waals surface area contributed by atoms with Crippen LogP contribution in [-0.4, -0.2) is 71.8 Å². The zero-order chi connectivity index (χ0) is 41.1. The topological polar surface area (TPSA) is 147 Å². The molecule has 3 saturated heterocycles. The molecule has 2 unspecified atom stereocenters. The Hall–Kier alpha value is -5.27. The number of hydrogen-bond donors (Lipinski definition) is 4. The van der Waals surface area contributed by atoms with Crippen LogP contribution in [-0.2, 0) is 31.8 Å². The first-order valence-corrected chi connectivity index (χ1v) is 19.5. The molecule has 57 heavy (non-hydrogen) atoms. The Labute approximate surface area is 335 Å². The molecule has 12 nitrogen and oxygen atoms in total. The Bertz CT molecular complexity index is 2060. The molecule has 16 heteroatoms. The number of anilines is 4. The van der Waals surface area contributed by atoms with Gasteiger partial charge in [-0.05, 0) is 125 Å². The van der Waals surface area contributed by atoms with Gasteiger partial charge in [0.2, 0.25) is 17.7 Å². The number of nitriles is 1. The number of rotatable bonds is 12. The van der Waals surface area contributed by atoms with Crippen LogP contribution < -0.4 is 30.5 Å². The second-order valence-corrected chi connectivity index (χ2v) is 15.5. The van der Waals surface area contributed by atoms with Gasteiger partial charge in [0.25, 0.3) is 5.91 Å². The van der Waals surface area contributed by atoms with E-state index in [2.05, 4.69) is 20.9 Å². The van der Waals surface area contributed by atoms with Crippen LogP contribution in [0.15, 0.2) is 60.7 Å². The summed E-state index contributed by atoms with van der Waals surface area (Å²) in [6.45, 7) is 7.69. The Morgan fingerprint density at radius 2 is 1.74 bits per heavy atom. The van der Waals surface area contributed by atoms with Crippen molar-refractivity contribution in [2.45, 2.75) is 82.6 Å². The molecule has 2 atom stereocenters. The number of imide groups is 1. The number of halogens is 3. The molecule has 0 bridgehead atoms. The molecule has 3 aromatic rings. The molecule has 0 aliphatic carbocycles. The Balaban J connectivity index is 0.992. The Morgan fingerprint density at radius 3 is 2.42 bits per heavy atom. The summed E-state index contributed by atoms with van der Waals surface area (Å²) in [5, 5.41) is 17.6. The molecule has 3 aliphatic rings. The molecule has 6 rings (SSSR count). The molecule has 3 aromatic carbocycles. The Kier molecular flexibility index (Phi) is 12.4. The van der Waals surface area contributed by atoms with Crippen LogP contribution in [0.1, 0.15) is 69.6 Å². The maximum absolute atomic E-state index is 13.8. The smallest absolute Gasteiger partial charge is 0.417 e. The maximum Gasteiger partial charge on any atom is 0.417 e. The van der Waals surface area contributed by atoms with E-state index in [-0.39, 0.29) is 36.4 Å². The minimum atomic E-state index is -4.77. The molecule has 3 aliphatic heterocycles. The first-order chi connectivity index (χ1) is 27.1. The number of likely N-dealkylation sites (tertiary alicyclic amines) is 1. The number of amides is 4. The molecule has 0 spiro atoms. The summed E-state index contributed by atoms with van der Waals surface area (Å²) < 4.78 is 47.6. The highest BCUT2D eigenvalue weighted by atomic mass is 32.1. The number of benzene rings is 3. The van der Waals surface area contributed by atoms with Crippen molar-refractivity contribution in [1.29, 1.82) is 5.26 Å². The fraction of sp³-hybridized carbons (Fsp3) is 0.439. The van der Waals surface area contributed by atoms with Crippen molar-refractivity contribution in [3.05, 3.63) is 77.4 Å². The molecular formula is C41H46F3N7O5S. The van der Waals surface area contributed by atoms with E-state index in [9.17, 15) is 37.6 Å². The summed E-state index contributed by atoms with van der Waals surface area (Å²) >= 11 is 4.72. The SMILES string of the molecule is CCc1cc(N2C(S)N(c3ccc(C#N)c(C(F)(F)F)c3)C(=O)C2(C)C)ccc1OCCC1CCN(CC(=O)Nc2cccc(NC3CCC(=O)NC3=O)c2)CC1. The Morgan fingerprint density at radius 1 is 1.02 bits per heavy atom. The quantitative estimate of drug-likeness (QED) is 0.122. The number of carbonyl (C=O) groups is 4. The molecule has 0 radical (unpaired) electrons. The number of alkyl halides is 3. The van der Waals surface area contributed by atoms with Gasteiger partial charge in [-0.1, -0.05) is 13.0 Å². The average molecular weight is 806 g/mol. The molecule has 3 N–H and O–H groups in total. The molecule has 302 valence electrons. The predicted molar refractivity (Wildman–Crippen MR) is 213 cm³/mol. The van der Waals surface area contributed by atoms with E-state index in [1.807, 2.05) is 25.1 Å². The average Bonchev–Trinajstić information content (AvgIpc) is 3.34. The summed E-state index contributed by atoms with van der Waals surface area (Å²) in [5.41, 5.74) is -0.857. The van der Waals surface area contributed by atoms with Crippen LogP contribution in [0.4, 0.5) is 35.9 Å². The molecule has 0 saturated carbocycles. The fourth-order valence-corrected chi connectivity index (χ4v) is 8.31. The number of nitrogens with zero attached hydrogens (tertiary/aromatic N) is 4. The highest BCUT2D eigenvalue weighted by molar-refractivity contribution is 7.81. The van der Waals surface area contributed by atoms with Gasteiger partial charge in [0, 0.05) is 29.2 Å². The third-order valence-corrected chi connectivity index (χ3v) is 11.3. The summed E-state index contributed by atoms with van der Waals surface area (Å²) in [6.07, 6.45) is -0.786. The predicted octanol–water partition coefficient (Wildman–Crippen LogP) is 6.32. The first-order valence-electron chi connectivity index (χ1n) is 19.0. The second kappa shape index (κ2) is 17.1. The van der Waals surface area contributed by atoms with Gasteiger partial charge in [-0.2, -0.15) is 18.4 Å². The van der Waals surface area contributed by atoms with E-state index in [1.165, 1.54) is 11.0 Å². The van der Waals surface area contributed by atoms with Crippen LogP contribution in [0.25, 0.3) is 0 Å². The third kappa shape index (κ3) is 9.31. The van der Waals surface area contributed by atoms with E-state index in [0.29, 0.717) is 48.2 Å². The lowest BCUT2D eigenvalue weighted by atomic mass is 9.94. The minimum absolute atomic E-state index is 0.00414. The number of ether oxygens (including phenoxy) is 1. The number of carbonyl (C=O) groups excluding carboxylic acids is 4. The van der Waals surface area contributed by atoms with Crippen LogP contribution in [0, 0.1) is 17.2 Å². The molecule has 3 fully saturated rings. The van der Waals surface area contributed by atoms with Gasteiger partial charge in [-0.15, -0.1) is 12.6 Å². The summed E-state index contributed by atoms with van der Waals surface area (Å²) in [7, 11) is 0. The van der Waals surface area contributed by atoms with Gasteiger partial charge in [0.05, 0.1) is 30.3 Å². The zero-order valence-electron chi connectivity index (χ0n) is 32.0. The molecule has 4 amide bonds. The van der Waals surface area contributed by atoms with Crippen molar-refractivity contribution in [2.24, 2.45) is 5.92 Å². The lowest BCUT2D eigenvalue weighted by Gasteiger charge is -2.34. The number of piperidine rings is 2. The normalized spacial score (nSPS) is 20.3. The number of nitrogens with one attached hydrogen (secondary N) is 3. The van der Waals surface area contributed by atoms with Gasteiger partial charge in [0.1, 0.15) is 17.3 Å². The van der Waals surface area contributed by atoms with Crippen molar-refractivity contribution in [1.82, 2.24) is 10.2 Å². The monoisotopic (exact) mass is 805 g/mol. The van der Waals surface area contributed by atoms with E-state index < -0.39 is 40.3 Å². The summed E-state index contributed by atoms with van der Waals surface area (Å²) in [5.74, 6) is -0.0662. The highest BCUT2D eigenvalue weighted by Crippen LogP contribution is 2.43. The lowest BCUT2D eigenvalue weighted by Crippen LogP contribution is -2.47. The van der Waals surface area contributed by atoms with Crippen molar-refractivity contribution >= 4 is 59.0 Å².